The number of hydrogen-bond donors (Lipinski definition) is 1. The largest absolute Gasteiger partial charge is 0.151 e. The van der Waals surface area contributed by atoms with E-state index in [9.17, 15) is 0 Å². The highest BCUT2D eigenvalue weighted by Crippen LogP contribution is 2.16. The van der Waals surface area contributed by atoms with E-state index >= 15 is 0 Å². The summed E-state index contributed by atoms with van der Waals surface area (Å²) in [5.41, 5.74) is 3.48. The summed E-state index contributed by atoms with van der Waals surface area (Å²) in [6.07, 6.45) is 1.80. The Bertz CT molecular complexity index is 293. The highest BCUT2D eigenvalue weighted by molar-refractivity contribution is 7.83. The Labute approximate surface area is 79.0 Å². The van der Waals surface area contributed by atoms with Crippen LogP contribution < -0.4 is 0 Å². The highest BCUT2D eigenvalue weighted by Gasteiger charge is 1.94. The van der Waals surface area contributed by atoms with E-state index in [1.165, 1.54) is 5.56 Å². The van der Waals surface area contributed by atoms with Crippen LogP contribution in [0.1, 0.15) is 11.1 Å². The van der Waals surface area contributed by atoms with E-state index in [0.29, 0.717) is 0 Å². The van der Waals surface area contributed by atoms with Gasteiger partial charge < -0.3 is 0 Å². The van der Waals surface area contributed by atoms with E-state index in [4.69, 9.17) is 0 Å². The van der Waals surface area contributed by atoms with E-state index in [0.717, 1.165) is 11.1 Å². The van der Waals surface area contributed by atoms with Gasteiger partial charge in [-0.25, -0.2) is 0 Å². The summed E-state index contributed by atoms with van der Waals surface area (Å²) in [7, 11) is 0. The molecule has 62 valence electrons. The first-order chi connectivity index (χ1) is 5.77. The monoisotopic (exact) mass is 176 g/mol. The Morgan fingerprint density at radius 2 is 1.92 bits per heavy atom. The molecule has 1 aromatic carbocycles. The van der Waals surface area contributed by atoms with Crippen molar-refractivity contribution in [1.82, 2.24) is 0 Å². The Balaban J connectivity index is 3.04. The molecule has 0 unspecified atom stereocenters. The van der Waals surface area contributed by atoms with Crippen molar-refractivity contribution >= 4 is 18.2 Å². The first kappa shape index (κ1) is 9.14. The molecule has 0 radical (unpaired) electrons. The van der Waals surface area contributed by atoms with Gasteiger partial charge in [0.05, 0.1) is 0 Å². The van der Waals surface area contributed by atoms with Gasteiger partial charge in [0.25, 0.3) is 0 Å². The van der Waals surface area contributed by atoms with Crippen molar-refractivity contribution < 1.29 is 0 Å². The van der Waals surface area contributed by atoms with Crippen LogP contribution in [0.4, 0.5) is 0 Å². The topological polar surface area (TPSA) is 0 Å². The van der Waals surface area contributed by atoms with Crippen molar-refractivity contribution in [3.63, 3.8) is 0 Å². The van der Waals surface area contributed by atoms with Gasteiger partial charge in [0.2, 0.25) is 0 Å². The predicted octanol–water partition coefficient (Wildman–Crippen LogP) is 3.45. The second-order valence-corrected chi connectivity index (χ2v) is 2.91. The van der Waals surface area contributed by atoms with Crippen LogP contribution in [0, 0.1) is 6.92 Å². The standard InChI is InChI=1S/C11H12S/c1-3-10(8-12)11-6-4-9(2)5-7-11/h3-8,12H,1H2,2H3/b10-8+. The van der Waals surface area contributed by atoms with Crippen molar-refractivity contribution in [1.29, 1.82) is 0 Å². The average molecular weight is 176 g/mol. The van der Waals surface area contributed by atoms with Crippen LogP contribution in [-0.2, 0) is 0 Å². The number of rotatable bonds is 2. The number of allylic oxidation sites excluding steroid dienone is 2. The zero-order valence-electron chi connectivity index (χ0n) is 7.12. The van der Waals surface area contributed by atoms with Gasteiger partial charge in [-0.3, -0.25) is 0 Å². The summed E-state index contributed by atoms with van der Waals surface area (Å²) in [5.74, 6) is 0. The fourth-order valence-corrected chi connectivity index (χ4v) is 1.25. The molecule has 1 aromatic rings. The minimum Gasteiger partial charge on any atom is -0.151 e. The fourth-order valence-electron chi connectivity index (χ4n) is 0.991. The number of thiol groups is 1. The summed E-state index contributed by atoms with van der Waals surface area (Å²) in [6.45, 7) is 5.78. The van der Waals surface area contributed by atoms with Gasteiger partial charge in [-0.05, 0) is 23.5 Å². The summed E-state index contributed by atoms with van der Waals surface area (Å²) in [5, 5.41) is 1.76. The lowest BCUT2D eigenvalue weighted by Gasteiger charge is -2.00. The highest BCUT2D eigenvalue weighted by atomic mass is 32.1. The lowest BCUT2D eigenvalue weighted by atomic mass is 10.1. The molecule has 0 aliphatic carbocycles. The molecule has 0 amide bonds. The van der Waals surface area contributed by atoms with Gasteiger partial charge >= 0.3 is 0 Å². The maximum atomic E-state index is 4.10. The van der Waals surface area contributed by atoms with Crippen molar-refractivity contribution in [2.24, 2.45) is 0 Å². The quantitative estimate of drug-likeness (QED) is 0.518. The van der Waals surface area contributed by atoms with E-state index in [1.54, 1.807) is 11.5 Å². The molecule has 0 N–H and O–H groups in total. The predicted molar refractivity (Wildman–Crippen MR) is 58.3 cm³/mol. The van der Waals surface area contributed by atoms with Gasteiger partial charge in [0.1, 0.15) is 0 Å². The molecule has 0 heterocycles. The van der Waals surface area contributed by atoms with Gasteiger partial charge in [-0.15, -0.1) is 0 Å². The molecule has 0 aromatic heterocycles. The van der Waals surface area contributed by atoms with E-state index in [2.05, 4.69) is 50.4 Å². The van der Waals surface area contributed by atoms with Crippen molar-refractivity contribution in [3.8, 4) is 0 Å². The Morgan fingerprint density at radius 3 is 2.33 bits per heavy atom. The molecule has 0 atom stereocenters. The van der Waals surface area contributed by atoms with Crippen molar-refractivity contribution in [2.75, 3.05) is 0 Å². The van der Waals surface area contributed by atoms with Crippen LogP contribution in [0.2, 0.25) is 0 Å². The maximum absolute atomic E-state index is 4.10. The third-order valence-corrected chi connectivity index (χ3v) is 2.02. The molecule has 12 heavy (non-hydrogen) atoms. The van der Waals surface area contributed by atoms with Gasteiger partial charge in [0, 0.05) is 0 Å². The van der Waals surface area contributed by atoms with Gasteiger partial charge in [-0.1, -0.05) is 42.5 Å². The first-order valence-electron chi connectivity index (χ1n) is 3.82. The molecule has 0 saturated heterocycles. The fraction of sp³-hybridized carbons (Fsp3) is 0.0909. The smallest absolute Gasteiger partial charge is 0.0129 e. The number of hydrogen-bond acceptors (Lipinski definition) is 1. The minimum atomic E-state index is 1.05. The van der Waals surface area contributed by atoms with Crippen LogP contribution in [0.5, 0.6) is 0 Å². The lowest BCUT2D eigenvalue weighted by Crippen LogP contribution is -1.79. The zero-order chi connectivity index (χ0) is 8.97. The SMILES string of the molecule is C=C/C(=C\S)c1ccc(C)cc1. The van der Waals surface area contributed by atoms with Crippen molar-refractivity contribution in [3.05, 3.63) is 53.5 Å². The normalized spacial score (nSPS) is 11.3. The van der Waals surface area contributed by atoms with Crippen LogP contribution >= 0.6 is 12.6 Å². The van der Waals surface area contributed by atoms with Crippen LogP contribution in [-0.4, -0.2) is 0 Å². The molecule has 1 rings (SSSR count). The van der Waals surface area contributed by atoms with Crippen LogP contribution in [0.3, 0.4) is 0 Å². The van der Waals surface area contributed by atoms with Crippen LogP contribution in [0.25, 0.3) is 5.57 Å². The lowest BCUT2D eigenvalue weighted by molar-refractivity contribution is 1.46. The molecule has 0 aliphatic rings. The van der Waals surface area contributed by atoms with Gasteiger partial charge in [0.15, 0.2) is 0 Å². The molecule has 0 aliphatic heterocycles. The molecular formula is C11H12S. The van der Waals surface area contributed by atoms with Gasteiger partial charge in [-0.2, -0.15) is 12.6 Å². The Hall–Kier alpha value is -0.950. The molecular weight excluding hydrogens is 164 g/mol. The number of aryl methyl sites for hydroxylation is 1. The van der Waals surface area contributed by atoms with Crippen molar-refractivity contribution in [2.45, 2.75) is 6.92 Å². The third kappa shape index (κ3) is 2.02. The Morgan fingerprint density at radius 1 is 1.33 bits per heavy atom. The molecule has 0 bridgehead atoms. The number of benzene rings is 1. The molecule has 0 nitrogen and oxygen atoms in total. The summed E-state index contributed by atoms with van der Waals surface area (Å²) < 4.78 is 0. The molecule has 0 spiro atoms. The zero-order valence-corrected chi connectivity index (χ0v) is 8.01. The summed E-state index contributed by atoms with van der Waals surface area (Å²) in [6, 6.07) is 8.30. The first-order valence-corrected chi connectivity index (χ1v) is 4.33. The molecule has 0 fully saturated rings. The third-order valence-electron chi connectivity index (χ3n) is 1.74. The summed E-state index contributed by atoms with van der Waals surface area (Å²) in [4.78, 5) is 0. The molecule has 0 saturated carbocycles. The van der Waals surface area contributed by atoms with E-state index in [-0.39, 0.29) is 0 Å². The summed E-state index contributed by atoms with van der Waals surface area (Å²) >= 11 is 4.10. The van der Waals surface area contributed by atoms with E-state index in [1.807, 2.05) is 0 Å². The van der Waals surface area contributed by atoms with E-state index < -0.39 is 0 Å². The average Bonchev–Trinajstić information content (AvgIpc) is 2.10. The maximum Gasteiger partial charge on any atom is -0.0129 e. The second kappa shape index (κ2) is 4.17. The van der Waals surface area contributed by atoms with Crippen LogP contribution in [0.15, 0.2) is 42.3 Å². The minimum absolute atomic E-state index is 1.05. The molecule has 1 heteroatoms. The Kier molecular flexibility index (Phi) is 3.18. The second-order valence-electron chi connectivity index (χ2n) is 2.65.